The third-order valence-corrected chi connectivity index (χ3v) is 2.67. The molecule has 0 aliphatic carbocycles. The van der Waals surface area contributed by atoms with Gasteiger partial charge in [0.2, 0.25) is 0 Å². The molecule has 0 spiro atoms. The predicted octanol–water partition coefficient (Wildman–Crippen LogP) is 3.17. The molecule has 0 bridgehead atoms. The van der Waals surface area contributed by atoms with Crippen molar-refractivity contribution in [3.05, 3.63) is 28.0 Å². The van der Waals surface area contributed by atoms with Gasteiger partial charge in [0, 0.05) is 5.33 Å². The Bertz CT molecular complexity index is 342. The lowest BCUT2D eigenvalue weighted by Crippen LogP contribution is -2.01. The normalized spacial score (nSPS) is 9.93. The summed E-state index contributed by atoms with van der Waals surface area (Å²) in [5, 5.41) is 0.653. The van der Waals surface area contributed by atoms with Crippen LogP contribution in [-0.4, -0.2) is 18.2 Å². The molecule has 0 aliphatic rings. The van der Waals surface area contributed by atoms with Crippen LogP contribution in [0.4, 0.5) is 4.39 Å². The molecule has 0 unspecified atom stereocenters. The van der Waals surface area contributed by atoms with Crippen LogP contribution in [-0.2, 0) is 0 Å². The Balaban J connectivity index is 3.04. The monoisotopic (exact) mass is 324 g/mol. The van der Waals surface area contributed by atoms with E-state index in [1.54, 1.807) is 0 Å². The van der Waals surface area contributed by atoms with Crippen LogP contribution in [0.2, 0.25) is 0 Å². The maximum atomic E-state index is 13.0. The summed E-state index contributed by atoms with van der Waals surface area (Å²) in [7, 11) is 0. The van der Waals surface area contributed by atoms with Crippen molar-refractivity contribution in [1.29, 1.82) is 0 Å². The highest BCUT2D eigenvalue weighted by Gasteiger charge is 2.11. The highest BCUT2D eigenvalue weighted by Crippen LogP contribution is 2.27. The van der Waals surface area contributed by atoms with E-state index in [9.17, 15) is 9.18 Å². The first-order chi connectivity index (χ1) is 6.70. The number of carbonyl (C=O) groups excluding carboxylic acids is 1. The van der Waals surface area contributed by atoms with Crippen molar-refractivity contribution in [2.45, 2.75) is 0 Å². The van der Waals surface area contributed by atoms with E-state index in [1.165, 1.54) is 12.1 Å². The average Bonchev–Trinajstić information content (AvgIpc) is 2.20. The number of aldehydes is 1. The molecular weight excluding hydrogens is 319 g/mol. The van der Waals surface area contributed by atoms with Gasteiger partial charge in [-0.1, -0.05) is 15.9 Å². The molecule has 0 amide bonds. The average molecular weight is 326 g/mol. The molecule has 0 atom stereocenters. The van der Waals surface area contributed by atoms with E-state index in [2.05, 4.69) is 31.9 Å². The number of rotatable bonds is 4. The van der Waals surface area contributed by atoms with Crippen molar-refractivity contribution in [3.8, 4) is 5.75 Å². The second kappa shape index (κ2) is 5.46. The Labute approximate surface area is 97.7 Å². The molecule has 1 aromatic carbocycles. The molecule has 14 heavy (non-hydrogen) atoms. The molecule has 1 aromatic rings. The fraction of sp³-hybridized carbons (Fsp3) is 0.222. The predicted molar refractivity (Wildman–Crippen MR) is 58.8 cm³/mol. The van der Waals surface area contributed by atoms with E-state index in [1.807, 2.05) is 0 Å². The topological polar surface area (TPSA) is 26.3 Å². The van der Waals surface area contributed by atoms with Gasteiger partial charge in [-0.3, -0.25) is 4.79 Å². The number of hydrogen-bond donors (Lipinski definition) is 0. The summed E-state index contributed by atoms with van der Waals surface area (Å²) in [5.74, 6) is -0.0917. The number of benzene rings is 1. The Morgan fingerprint density at radius 2 is 2.21 bits per heavy atom. The van der Waals surface area contributed by atoms with Crippen molar-refractivity contribution in [2.24, 2.45) is 0 Å². The van der Waals surface area contributed by atoms with Crippen molar-refractivity contribution in [1.82, 2.24) is 0 Å². The van der Waals surface area contributed by atoms with Crippen molar-refractivity contribution in [2.75, 3.05) is 11.9 Å². The molecule has 2 nitrogen and oxygen atoms in total. The molecule has 76 valence electrons. The van der Waals surface area contributed by atoms with Gasteiger partial charge in [0.1, 0.15) is 11.6 Å². The van der Waals surface area contributed by atoms with E-state index >= 15 is 0 Å². The molecule has 0 aliphatic heterocycles. The van der Waals surface area contributed by atoms with Crippen LogP contribution in [0.25, 0.3) is 0 Å². The minimum atomic E-state index is -0.474. The van der Waals surface area contributed by atoms with Crippen LogP contribution in [0, 0.1) is 5.82 Å². The number of halogens is 3. The zero-order valence-electron chi connectivity index (χ0n) is 7.10. The molecule has 5 heteroatoms. The fourth-order valence-electron chi connectivity index (χ4n) is 0.933. The largest absolute Gasteiger partial charge is 0.492 e. The summed E-state index contributed by atoms with van der Waals surface area (Å²) in [4.78, 5) is 10.7. The third-order valence-electron chi connectivity index (χ3n) is 1.55. The zero-order valence-corrected chi connectivity index (χ0v) is 10.3. The lowest BCUT2D eigenvalue weighted by molar-refractivity contribution is 0.111. The van der Waals surface area contributed by atoms with E-state index in [-0.39, 0.29) is 10.0 Å². The Morgan fingerprint density at radius 1 is 1.50 bits per heavy atom. The van der Waals surface area contributed by atoms with Crippen molar-refractivity contribution < 1.29 is 13.9 Å². The summed E-state index contributed by atoms with van der Waals surface area (Å²) in [6.07, 6.45) is 0.566. The van der Waals surface area contributed by atoms with Gasteiger partial charge in [-0.2, -0.15) is 0 Å². The van der Waals surface area contributed by atoms with Gasteiger partial charge < -0.3 is 4.74 Å². The molecule has 0 radical (unpaired) electrons. The second-order valence-electron chi connectivity index (χ2n) is 2.43. The number of ether oxygens (including phenoxy) is 1. The van der Waals surface area contributed by atoms with Crippen LogP contribution < -0.4 is 4.74 Å². The van der Waals surface area contributed by atoms with Crippen LogP contribution in [0.5, 0.6) is 5.75 Å². The van der Waals surface area contributed by atoms with Crippen molar-refractivity contribution in [3.63, 3.8) is 0 Å². The molecule has 0 N–H and O–H groups in total. The van der Waals surface area contributed by atoms with Crippen LogP contribution in [0.3, 0.4) is 0 Å². The van der Waals surface area contributed by atoms with E-state index in [4.69, 9.17) is 4.74 Å². The van der Waals surface area contributed by atoms with Gasteiger partial charge in [0.05, 0.1) is 16.6 Å². The van der Waals surface area contributed by atoms with Gasteiger partial charge in [-0.15, -0.1) is 0 Å². The SMILES string of the molecule is O=Cc1c(OCCBr)ccc(F)c1Br. The Kier molecular flexibility index (Phi) is 4.54. The van der Waals surface area contributed by atoms with Gasteiger partial charge in [0.15, 0.2) is 6.29 Å². The maximum absolute atomic E-state index is 13.0. The summed E-state index contributed by atoms with van der Waals surface area (Å²) < 4.78 is 18.4. The van der Waals surface area contributed by atoms with Gasteiger partial charge in [-0.05, 0) is 28.1 Å². The number of alkyl halides is 1. The first-order valence-electron chi connectivity index (χ1n) is 3.82. The minimum absolute atomic E-state index is 0.138. The Hall–Kier alpha value is -0.420. The van der Waals surface area contributed by atoms with Crippen LogP contribution in [0.15, 0.2) is 16.6 Å². The van der Waals surface area contributed by atoms with E-state index < -0.39 is 5.82 Å². The Morgan fingerprint density at radius 3 is 2.79 bits per heavy atom. The van der Waals surface area contributed by atoms with Gasteiger partial charge in [-0.25, -0.2) is 4.39 Å². The zero-order chi connectivity index (χ0) is 10.6. The molecule has 0 fully saturated rings. The third kappa shape index (κ3) is 2.54. The standard InChI is InChI=1S/C9H7Br2FO2/c10-3-4-14-8-2-1-7(12)9(11)6(8)5-13/h1-2,5H,3-4H2. The number of hydrogen-bond acceptors (Lipinski definition) is 2. The fourth-order valence-corrected chi connectivity index (χ4v) is 1.52. The molecule has 0 heterocycles. The van der Waals surface area contributed by atoms with E-state index in [0.29, 0.717) is 24.0 Å². The molecule has 0 aromatic heterocycles. The maximum Gasteiger partial charge on any atom is 0.155 e. The summed E-state index contributed by atoms with van der Waals surface area (Å²) in [5.41, 5.74) is 0.200. The lowest BCUT2D eigenvalue weighted by Gasteiger charge is -2.08. The minimum Gasteiger partial charge on any atom is -0.492 e. The van der Waals surface area contributed by atoms with Crippen molar-refractivity contribution >= 4 is 38.1 Å². The van der Waals surface area contributed by atoms with E-state index in [0.717, 1.165) is 0 Å². The van der Waals surface area contributed by atoms with Crippen LogP contribution >= 0.6 is 31.9 Å². The smallest absolute Gasteiger partial charge is 0.155 e. The van der Waals surface area contributed by atoms with Gasteiger partial charge in [0.25, 0.3) is 0 Å². The lowest BCUT2D eigenvalue weighted by atomic mass is 10.2. The number of carbonyl (C=O) groups is 1. The summed E-state index contributed by atoms with van der Waals surface area (Å²) in [6, 6.07) is 2.69. The highest BCUT2D eigenvalue weighted by molar-refractivity contribution is 9.10. The quantitative estimate of drug-likeness (QED) is 0.628. The first kappa shape index (κ1) is 11.7. The molecule has 0 saturated carbocycles. The van der Waals surface area contributed by atoms with Gasteiger partial charge >= 0.3 is 0 Å². The summed E-state index contributed by atoms with van der Waals surface area (Å²) in [6.45, 7) is 0.429. The summed E-state index contributed by atoms with van der Waals surface area (Å²) >= 11 is 6.17. The second-order valence-corrected chi connectivity index (χ2v) is 4.01. The van der Waals surface area contributed by atoms with Crippen LogP contribution in [0.1, 0.15) is 10.4 Å². The molecule has 0 saturated heterocycles. The first-order valence-corrected chi connectivity index (χ1v) is 5.74. The highest BCUT2D eigenvalue weighted by atomic mass is 79.9. The molecule has 1 rings (SSSR count). The molecular formula is C9H7Br2FO2.